The molecule has 0 spiro atoms. The molecule has 1 aliphatic carbocycles. The molecule has 0 saturated carbocycles. The summed E-state index contributed by atoms with van der Waals surface area (Å²) in [5, 5.41) is 4.74. The first-order chi connectivity index (χ1) is 26.0. The van der Waals surface area contributed by atoms with E-state index in [1.807, 2.05) is 6.20 Å². The third-order valence-corrected chi connectivity index (χ3v) is 12.0. The second-order valence-electron chi connectivity index (χ2n) is 14.6. The van der Waals surface area contributed by atoms with Crippen LogP contribution in [0.5, 0.6) is 0 Å². The lowest BCUT2D eigenvalue weighted by atomic mass is 9.67. The summed E-state index contributed by atoms with van der Waals surface area (Å²) in [6.07, 6.45) is 1.98. The fraction of sp³-hybridized carbons (Fsp3) is 0.0980. The van der Waals surface area contributed by atoms with Crippen LogP contribution in [0, 0.1) is 27.7 Å². The van der Waals surface area contributed by atoms with E-state index in [2.05, 4.69) is 179 Å². The van der Waals surface area contributed by atoms with Gasteiger partial charge in [-0.15, -0.1) is 0 Å². The summed E-state index contributed by atoms with van der Waals surface area (Å²) in [5.41, 5.74) is 18.8. The standard InChI is InChI=1S/C51H38N2/c1-31-30-52-49-37(32(31)2)26-27-38-33(3)34(4)48(53-50(38)49)43-29-28-41(39-20-11-12-21-40(39)43)42-23-15-25-46-47(42)44-22-13-14-24-45(44)51(46,35-16-7-5-8-17-35)36-18-9-6-10-19-36/h5-30H,1-4H3. The second kappa shape index (κ2) is 11.8. The van der Waals surface area contributed by atoms with Crippen molar-refractivity contribution in [3.05, 3.63) is 202 Å². The fourth-order valence-corrected chi connectivity index (χ4v) is 9.19. The Morgan fingerprint density at radius 1 is 0.396 bits per heavy atom. The molecule has 0 fully saturated rings. The van der Waals surface area contributed by atoms with Gasteiger partial charge in [0.25, 0.3) is 0 Å². The van der Waals surface area contributed by atoms with Crippen LogP contribution in [0.25, 0.3) is 66.1 Å². The molecule has 2 aromatic heterocycles. The first-order valence-electron chi connectivity index (χ1n) is 18.5. The smallest absolute Gasteiger partial charge is 0.0975 e. The minimum absolute atomic E-state index is 0.447. The third kappa shape index (κ3) is 4.39. The minimum Gasteiger partial charge on any atom is -0.254 e. The molecule has 0 N–H and O–H groups in total. The Kier molecular flexibility index (Phi) is 7.00. The van der Waals surface area contributed by atoms with Gasteiger partial charge in [0, 0.05) is 22.5 Å². The van der Waals surface area contributed by atoms with E-state index < -0.39 is 5.41 Å². The number of benzene rings is 7. The molecule has 0 aliphatic heterocycles. The Morgan fingerprint density at radius 3 is 1.68 bits per heavy atom. The van der Waals surface area contributed by atoms with E-state index in [1.165, 1.54) is 82.9 Å². The first kappa shape index (κ1) is 31.4. The Hall–Kier alpha value is -6.38. The lowest BCUT2D eigenvalue weighted by Gasteiger charge is -2.34. The lowest BCUT2D eigenvalue weighted by molar-refractivity contribution is 0.768. The van der Waals surface area contributed by atoms with Crippen LogP contribution in [0.4, 0.5) is 0 Å². The molecule has 7 aromatic carbocycles. The van der Waals surface area contributed by atoms with Gasteiger partial charge < -0.3 is 0 Å². The summed E-state index contributed by atoms with van der Waals surface area (Å²) in [4.78, 5) is 10.4. The zero-order chi connectivity index (χ0) is 35.8. The zero-order valence-corrected chi connectivity index (χ0v) is 30.4. The molecule has 0 amide bonds. The predicted molar refractivity (Wildman–Crippen MR) is 222 cm³/mol. The van der Waals surface area contributed by atoms with Gasteiger partial charge in [-0.1, -0.05) is 152 Å². The summed E-state index contributed by atoms with van der Waals surface area (Å²) >= 11 is 0. The third-order valence-electron chi connectivity index (χ3n) is 12.0. The highest BCUT2D eigenvalue weighted by molar-refractivity contribution is 6.11. The van der Waals surface area contributed by atoms with Crippen molar-refractivity contribution in [2.45, 2.75) is 33.1 Å². The average Bonchev–Trinajstić information content (AvgIpc) is 3.52. The zero-order valence-electron chi connectivity index (χ0n) is 30.4. The molecule has 10 rings (SSSR count). The molecule has 9 aromatic rings. The first-order valence-corrected chi connectivity index (χ1v) is 18.5. The SMILES string of the molecule is Cc1cnc2c(ccc3c(C)c(C)c(-c4ccc(-c5cccc6c5-c5ccccc5C6(c5ccccc5)c5ccccc5)c5ccccc45)nc32)c1C. The Balaban J connectivity index is 1.24. The van der Waals surface area contributed by atoms with Gasteiger partial charge in [0.05, 0.1) is 22.1 Å². The van der Waals surface area contributed by atoms with Crippen molar-refractivity contribution < 1.29 is 0 Å². The normalized spacial score (nSPS) is 13.1. The van der Waals surface area contributed by atoms with Crippen LogP contribution in [0.2, 0.25) is 0 Å². The highest BCUT2D eigenvalue weighted by Crippen LogP contribution is 2.58. The molecule has 1 aliphatic rings. The number of hydrogen-bond donors (Lipinski definition) is 0. The summed E-state index contributed by atoms with van der Waals surface area (Å²) in [6.45, 7) is 8.75. The molecular weight excluding hydrogens is 641 g/mol. The van der Waals surface area contributed by atoms with Crippen LogP contribution in [0.3, 0.4) is 0 Å². The summed E-state index contributed by atoms with van der Waals surface area (Å²) in [7, 11) is 0. The largest absolute Gasteiger partial charge is 0.254 e. The van der Waals surface area contributed by atoms with E-state index in [4.69, 9.17) is 9.97 Å². The molecule has 252 valence electrons. The molecule has 0 radical (unpaired) electrons. The van der Waals surface area contributed by atoms with Gasteiger partial charge in [0.1, 0.15) is 0 Å². The molecule has 2 nitrogen and oxygen atoms in total. The van der Waals surface area contributed by atoms with Crippen molar-refractivity contribution in [2.24, 2.45) is 0 Å². The van der Waals surface area contributed by atoms with Gasteiger partial charge in [-0.2, -0.15) is 0 Å². The van der Waals surface area contributed by atoms with Crippen molar-refractivity contribution in [3.8, 4) is 33.5 Å². The maximum atomic E-state index is 5.47. The number of hydrogen-bond acceptors (Lipinski definition) is 2. The van der Waals surface area contributed by atoms with Gasteiger partial charge in [-0.25, -0.2) is 4.98 Å². The summed E-state index contributed by atoms with van der Waals surface area (Å²) in [5.74, 6) is 0. The summed E-state index contributed by atoms with van der Waals surface area (Å²) in [6, 6.07) is 55.9. The fourth-order valence-electron chi connectivity index (χ4n) is 9.19. The summed E-state index contributed by atoms with van der Waals surface area (Å²) < 4.78 is 0. The number of rotatable bonds is 4. The van der Waals surface area contributed by atoms with Crippen LogP contribution in [0.1, 0.15) is 44.5 Å². The monoisotopic (exact) mass is 678 g/mol. The molecule has 0 saturated heterocycles. The van der Waals surface area contributed by atoms with E-state index in [0.29, 0.717) is 0 Å². The predicted octanol–water partition coefficient (Wildman–Crippen LogP) is 12.9. The number of fused-ring (bicyclic) bond motifs is 7. The highest BCUT2D eigenvalue weighted by Gasteiger charge is 2.46. The minimum atomic E-state index is -0.447. The second-order valence-corrected chi connectivity index (χ2v) is 14.6. The van der Waals surface area contributed by atoms with Gasteiger partial charge in [-0.05, 0) is 105 Å². The maximum Gasteiger partial charge on any atom is 0.0975 e. The van der Waals surface area contributed by atoms with E-state index in [0.717, 1.165) is 27.7 Å². The molecule has 0 bridgehead atoms. The quantitative estimate of drug-likeness (QED) is 0.173. The van der Waals surface area contributed by atoms with E-state index in [-0.39, 0.29) is 0 Å². The lowest BCUT2D eigenvalue weighted by Crippen LogP contribution is -2.28. The topological polar surface area (TPSA) is 25.8 Å². The van der Waals surface area contributed by atoms with Crippen molar-refractivity contribution in [1.29, 1.82) is 0 Å². The number of nitrogens with zero attached hydrogens (tertiary/aromatic N) is 2. The molecule has 0 unspecified atom stereocenters. The molecule has 2 heterocycles. The molecule has 53 heavy (non-hydrogen) atoms. The number of aromatic nitrogens is 2. The van der Waals surface area contributed by atoms with Crippen LogP contribution < -0.4 is 0 Å². The van der Waals surface area contributed by atoms with Crippen molar-refractivity contribution in [1.82, 2.24) is 9.97 Å². The van der Waals surface area contributed by atoms with Gasteiger partial charge >= 0.3 is 0 Å². The maximum absolute atomic E-state index is 5.47. The number of aryl methyl sites for hydroxylation is 3. The molecular formula is C51H38N2. The van der Waals surface area contributed by atoms with Gasteiger partial charge in [0.2, 0.25) is 0 Å². The van der Waals surface area contributed by atoms with Crippen molar-refractivity contribution >= 4 is 32.6 Å². The van der Waals surface area contributed by atoms with Gasteiger partial charge in [0.15, 0.2) is 0 Å². The highest BCUT2D eigenvalue weighted by atomic mass is 14.8. The molecule has 0 atom stereocenters. The van der Waals surface area contributed by atoms with Crippen LogP contribution in [-0.4, -0.2) is 9.97 Å². The Morgan fingerprint density at radius 2 is 0.962 bits per heavy atom. The molecule has 2 heteroatoms. The van der Waals surface area contributed by atoms with Gasteiger partial charge in [-0.3, -0.25) is 4.98 Å². The average molecular weight is 679 g/mol. The Bertz CT molecular complexity index is 2880. The van der Waals surface area contributed by atoms with Crippen LogP contribution in [0.15, 0.2) is 158 Å². The van der Waals surface area contributed by atoms with Crippen molar-refractivity contribution in [3.63, 3.8) is 0 Å². The van der Waals surface area contributed by atoms with E-state index in [1.54, 1.807) is 0 Å². The van der Waals surface area contributed by atoms with Crippen LogP contribution >= 0.6 is 0 Å². The van der Waals surface area contributed by atoms with E-state index >= 15 is 0 Å². The number of pyridine rings is 2. The van der Waals surface area contributed by atoms with Crippen molar-refractivity contribution in [2.75, 3.05) is 0 Å². The van der Waals surface area contributed by atoms with E-state index in [9.17, 15) is 0 Å². The van der Waals surface area contributed by atoms with Crippen LogP contribution in [-0.2, 0) is 5.41 Å². The Labute approximate surface area is 310 Å².